The number of carbonyl (C=O) groups is 2. The van der Waals surface area contributed by atoms with Crippen LogP contribution in [-0.4, -0.2) is 61.7 Å². The van der Waals surface area contributed by atoms with E-state index >= 15 is 0 Å². The second-order valence-corrected chi connectivity index (χ2v) is 10.6. The molecule has 154 valence electrons. The molecule has 8 nitrogen and oxygen atoms in total. The minimum Gasteiger partial charge on any atom is -0.445 e. The van der Waals surface area contributed by atoms with E-state index in [1.807, 2.05) is 30.3 Å². The maximum Gasteiger partial charge on any atom is 0.410 e. The Balaban J connectivity index is 1.59. The summed E-state index contributed by atoms with van der Waals surface area (Å²) in [7, 11) is -3.31. The third-order valence-corrected chi connectivity index (χ3v) is 6.69. The van der Waals surface area contributed by atoms with Crippen LogP contribution in [0.1, 0.15) is 26.3 Å². The lowest BCUT2D eigenvalue weighted by Crippen LogP contribution is -2.67. The SMILES string of the molecule is CC(C)(C)OC(=O)N1CC2(C1)CS(=O)(=O)C[C@H]2NC(=O)OCc1ccccc1. The predicted octanol–water partition coefficient (Wildman–Crippen LogP) is 1.95. The summed E-state index contributed by atoms with van der Waals surface area (Å²) in [4.78, 5) is 25.8. The van der Waals surface area contributed by atoms with E-state index in [0.29, 0.717) is 0 Å². The highest BCUT2D eigenvalue weighted by molar-refractivity contribution is 7.91. The quantitative estimate of drug-likeness (QED) is 0.817. The average Bonchev–Trinajstić information content (AvgIpc) is 2.81. The Kier molecular flexibility index (Phi) is 5.31. The summed E-state index contributed by atoms with van der Waals surface area (Å²) in [5.41, 5.74) is -0.478. The maximum absolute atomic E-state index is 12.2. The Morgan fingerprint density at radius 3 is 2.46 bits per heavy atom. The van der Waals surface area contributed by atoms with E-state index in [-0.39, 0.29) is 31.2 Å². The summed E-state index contributed by atoms with van der Waals surface area (Å²) in [5.74, 6) is -0.224. The third-order valence-electron chi connectivity index (χ3n) is 4.84. The van der Waals surface area contributed by atoms with E-state index in [0.717, 1.165) is 5.56 Å². The molecule has 0 aliphatic carbocycles. The molecular formula is C19H26N2O6S. The van der Waals surface area contributed by atoms with Gasteiger partial charge in [0.25, 0.3) is 0 Å². The molecule has 2 aliphatic rings. The number of benzene rings is 1. The Morgan fingerprint density at radius 1 is 1.21 bits per heavy atom. The molecule has 0 saturated carbocycles. The summed E-state index contributed by atoms with van der Waals surface area (Å²) < 4.78 is 34.9. The number of hydrogen-bond acceptors (Lipinski definition) is 6. The molecule has 2 heterocycles. The molecule has 0 unspecified atom stereocenters. The highest BCUT2D eigenvalue weighted by Gasteiger charge is 2.59. The molecule has 1 aromatic carbocycles. The van der Waals surface area contributed by atoms with Crippen LogP contribution < -0.4 is 5.32 Å². The molecule has 1 spiro atoms. The van der Waals surface area contributed by atoms with Crippen molar-refractivity contribution >= 4 is 22.0 Å². The van der Waals surface area contributed by atoms with Crippen molar-refractivity contribution in [2.24, 2.45) is 5.41 Å². The first-order chi connectivity index (χ1) is 13.0. The van der Waals surface area contributed by atoms with E-state index in [1.165, 1.54) is 4.90 Å². The molecule has 28 heavy (non-hydrogen) atoms. The fourth-order valence-electron chi connectivity index (χ4n) is 3.61. The Morgan fingerprint density at radius 2 is 1.86 bits per heavy atom. The van der Waals surface area contributed by atoms with E-state index in [4.69, 9.17) is 9.47 Å². The van der Waals surface area contributed by atoms with Gasteiger partial charge < -0.3 is 19.7 Å². The van der Waals surface area contributed by atoms with Gasteiger partial charge in [-0.1, -0.05) is 30.3 Å². The predicted molar refractivity (Wildman–Crippen MR) is 102 cm³/mol. The molecule has 1 atom stereocenters. The van der Waals surface area contributed by atoms with Gasteiger partial charge in [-0.3, -0.25) is 0 Å². The molecule has 0 bridgehead atoms. The van der Waals surface area contributed by atoms with Gasteiger partial charge in [0.05, 0.1) is 17.5 Å². The standard InChI is InChI=1S/C19H26N2O6S/c1-18(2,3)27-17(23)21-11-19(12-21)13-28(24,25)10-15(19)20-16(22)26-9-14-7-5-4-6-8-14/h4-8,15H,9-13H2,1-3H3,(H,20,22)/t15-/m1/s1. The smallest absolute Gasteiger partial charge is 0.410 e. The van der Waals surface area contributed by atoms with Gasteiger partial charge in [0, 0.05) is 18.5 Å². The summed E-state index contributed by atoms with van der Waals surface area (Å²) in [5, 5.41) is 2.69. The first-order valence-electron chi connectivity index (χ1n) is 9.14. The fraction of sp³-hybridized carbons (Fsp3) is 0.579. The van der Waals surface area contributed by atoms with Crippen LogP contribution in [0.15, 0.2) is 30.3 Å². The first-order valence-corrected chi connectivity index (χ1v) is 11.0. The number of nitrogens with one attached hydrogen (secondary N) is 1. The van der Waals surface area contributed by atoms with Crippen molar-refractivity contribution in [3.8, 4) is 0 Å². The zero-order chi connectivity index (χ0) is 20.6. The van der Waals surface area contributed by atoms with Gasteiger partial charge in [-0.15, -0.1) is 0 Å². The molecule has 0 aromatic heterocycles. The monoisotopic (exact) mass is 410 g/mol. The number of hydrogen-bond donors (Lipinski definition) is 1. The largest absolute Gasteiger partial charge is 0.445 e. The van der Waals surface area contributed by atoms with Crippen LogP contribution in [0.2, 0.25) is 0 Å². The van der Waals surface area contributed by atoms with Crippen LogP contribution in [0.4, 0.5) is 9.59 Å². The Bertz CT molecular complexity index is 841. The molecule has 1 N–H and O–H groups in total. The highest BCUT2D eigenvalue weighted by atomic mass is 32.2. The maximum atomic E-state index is 12.2. The van der Waals surface area contributed by atoms with Crippen LogP contribution in [0.5, 0.6) is 0 Å². The van der Waals surface area contributed by atoms with Crippen molar-refractivity contribution in [2.75, 3.05) is 24.6 Å². The van der Waals surface area contributed by atoms with Gasteiger partial charge in [-0.25, -0.2) is 18.0 Å². The second kappa shape index (κ2) is 7.27. The average molecular weight is 410 g/mol. The number of nitrogens with zero attached hydrogens (tertiary/aromatic N) is 1. The molecule has 0 radical (unpaired) electrons. The second-order valence-electron chi connectivity index (χ2n) is 8.51. The van der Waals surface area contributed by atoms with Gasteiger partial charge in [-0.05, 0) is 26.3 Å². The normalized spacial score (nSPS) is 22.4. The number of ether oxygens (including phenoxy) is 2. The number of rotatable bonds is 3. The molecule has 1 aromatic rings. The van der Waals surface area contributed by atoms with Crippen LogP contribution in [-0.2, 0) is 25.9 Å². The lowest BCUT2D eigenvalue weighted by atomic mass is 9.76. The van der Waals surface area contributed by atoms with Gasteiger partial charge in [0.1, 0.15) is 12.2 Å². The summed E-state index contributed by atoms with van der Waals surface area (Å²) in [6.45, 7) is 5.87. The van der Waals surface area contributed by atoms with Crippen molar-refractivity contribution in [1.82, 2.24) is 10.2 Å². The van der Waals surface area contributed by atoms with Crippen LogP contribution in [0.25, 0.3) is 0 Å². The summed E-state index contributed by atoms with van der Waals surface area (Å²) in [6.07, 6.45) is -1.14. The van der Waals surface area contributed by atoms with Gasteiger partial charge in [0.2, 0.25) is 0 Å². The minimum absolute atomic E-state index is 0.0665. The van der Waals surface area contributed by atoms with Gasteiger partial charge in [0.15, 0.2) is 9.84 Å². The molecule has 2 amide bonds. The number of amides is 2. The minimum atomic E-state index is -3.31. The zero-order valence-corrected chi connectivity index (χ0v) is 17.1. The van der Waals surface area contributed by atoms with Crippen molar-refractivity contribution in [2.45, 2.75) is 39.0 Å². The van der Waals surface area contributed by atoms with Crippen LogP contribution >= 0.6 is 0 Å². The zero-order valence-electron chi connectivity index (χ0n) is 16.3. The number of carbonyl (C=O) groups excluding carboxylic acids is 2. The number of alkyl carbamates (subject to hydrolysis) is 1. The van der Waals surface area contributed by atoms with E-state index in [9.17, 15) is 18.0 Å². The molecule has 2 aliphatic heterocycles. The summed E-state index contributed by atoms with van der Waals surface area (Å²) >= 11 is 0. The van der Waals surface area contributed by atoms with Gasteiger partial charge >= 0.3 is 12.2 Å². The topological polar surface area (TPSA) is 102 Å². The lowest BCUT2D eigenvalue weighted by Gasteiger charge is -2.50. The van der Waals surface area contributed by atoms with E-state index in [2.05, 4.69) is 5.32 Å². The molecular weight excluding hydrogens is 384 g/mol. The van der Waals surface area contributed by atoms with Crippen molar-refractivity contribution in [3.63, 3.8) is 0 Å². The lowest BCUT2D eigenvalue weighted by molar-refractivity contribution is -0.0337. The summed E-state index contributed by atoms with van der Waals surface area (Å²) in [6, 6.07) is 8.62. The van der Waals surface area contributed by atoms with Gasteiger partial charge in [-0.2, -0.15) is 0 Å². The van der Waals surface area contributed by atoms with Crippen molar-refractivity contribution < 1.29 is 27.5 Å². The molecule has 9 heteroatoms. The van der Waals surface area contributed by atoms with Crippen molar-refractivity contribution in [1.29, 1.82) is 0 Å². The fourth-order valence-corrected chi connectivity index (χ4v) is 5.93. The number of likely N-dealkylation sites (tertiary alicyclic amines) is 1. The van der Waals surface area contributed by atoms with E-state index in [1.54, 1.807) is 20.8 Å². The number of sulfone groups is 1. The molecule has 2 fully saturated rings. The van der Waals surface area contributed by atoms with Crippen LogP contribution in [0, 0.1) is 5.41 Å². The highest BCUT2D eigenvalue weighted by Crippen LogP contribution is 2.41. The Hall–Kier alpha value is -2.29. The molecule has 3 rings (SSSR count). The first kappa shape index (κ1) is 20.4. The van der Waals surface area contributed by atoms with Crippen molar-refractivity contribution in [3.05, 3.63) is 35.9 Å². The third kappa shape index (κ3) is 4.76. The molecule has 2 saturated heterocycles. The van der Waals surface area contributed by atoms with E-state index < -0.39 is 39.1 Å². The Labute approximate surface area is 165 Å². The van der Waals surface area contributed by atoms with Crippen LogP contribution in [0.3, 0.4) is 0 Å².